The first-order valence-electron chi connectivity index (χ1n) is 9.44. The minimum Gasteiger partial charge on any atom is -0.379 e. The molecule has 2 heterocycles. The smallest absolute Gasteiger partial charge is 0.243 e. The Morgan fingerprint density at radius 2 is 1.87 bits per heavy atom. The second kappa shape index (κ2) is 9.03. The van der Waals surface area contributed by atoms with Crippen LogP contribution < -0.4 is 5.32 Å². The second-order valence-corrected chi connectivity index (χ2v) is 11.3. The van der Waals surface area contributed by atoms with Crippen LogP contribution in [0.4, 0.5) is 5.69 Å². The molecule has 1 fully saturated rings. The number of anilines is 1. The van der Waals surface area contributed by atoms with Gasteiger partial charge in [0, 0.05) is 18.8 Å². The van der Waals surface area contributed by atoms with Crippen LogP contribution in [0.15, 0.2) is 57.8 Å². The van der Waals surface area contributed by atoms with Crippen molar-refractivity contribution >= 4 is 54.9 Å². The first kappa shape index (κ1) is 21.3. The SMILES string of the molecule is C[C@@H](Sc1nc2ccccc2s1)C(=O)Nc1ccc(S(=O)(=O)N2CCOCC2)cc1. The number of morpholine rings is 1. The molecule has 1 aromatic heterocycles. The van der Waals surface area contributed by atoms with E-state index in [4.69, 9.17) is 4.74 Å². The molecule has 1 atom stereocenters. The molecule has 1 saturated heterocycles. The number of para-hydroxylation sites is 1. The average molecular weight is 464 g/mol. The Morgan fingerprint density at radius 1 is 1.17 bits per heavy atom. The summed E-state index contributed by atoms with van der Waals surface area (Å²) in [4.78, 5) is 17.3. The van der Waals surface area contributed by atoms with Crippen molar-refractivity contribution in [1.29, 1.82) is 0 Å². The third-order valence-electron chi connectivity index (χ3n) is 4.65. The van der Waals surface area contributed by atoms with Gasteiger partial charge < -0.3 is 10.1 Å². The van der Waals surface area contributed by atoms with Gasteiger partial charge in [-0.05, 0) is 43.3 Å². The number of thioether (sulfide) groups is 1. The first-order valence-corrected chi connectivity index (χ1v) is 12.6. The maximum absolute atomic E-state index is 12.7. The van der Waals surface area contributed by atoms with Gasteiger partial charge in [0.05, 0.1) is 33.6 Å². The Balaban J connectivity index is 1.39. The van der Waals surface area contributed by atoms with E-state index in [0.717, 1.165) is 14.6 Å². The highest BCUT2D eigenvalue weighted by molar-refractivity contribution is 8.02. The molecule has 0 radical (unpaired) electrons. The van der Waals surface area contributed by atoms with E-state index in [9.17, 15) is 13.2 Å². The van der Waals surface area contributed by atoms with Crippen molar-refractivity contribution < 1.29 is 17.9 Å². The normalized spacial score (nSPS) is 16.4. The number of amides is 1. The summed E-state index contributed by atoms with van der Waals surface area (Å²) in [6.45, 7) is 3.32. The molecular weight excluding hydrogens is 442 g/mol. The molecule has 158 valence electrons. The van der Waals surface area contributed by atoms with Crippen molar-refractivity contribution in [1.82, 2.24) is 9.29 Å². The summed E-state index contributed by atoms with van der Waals surface area (Å²) in [5.74, 6) is -0.164. The van der Waals surface area contributed by atoms with Crippen molar-refractivity contribution in [2.75, 3.05) is 31.6 Å². The van der Waals surface area contributed by atoms with Crippen LogP contribution in [0.3, 0.4) is 0 Å². The molecule has 1 aliphatic rings. The number of hydrogen-bond donors (Lipinski definition) is 1. The van der Waals surface area contributed by atoms with Gasteiger partial charge in [0.25, 0.3) is 0 Å². The molecule has 10 heteroatoms. The number of hydrogen-bond acceptors (Lipinski definition) is 7. The van der Waals surface area contributed by atoms with Crippen LogP contribution in [-0.4, -0.2) is 55.2 Å². The fourth-order valence-corrected chi connectivity index (χ4v) is 6.62. The topological polar surface area (TPSA) is 88.6 Å². The third-order valence-corrected chi connectivity index (χ3v) is 8.79. The number of ether oxygens (including phenoxy) is 1. The molecule has 0 aliphatic carbocycles. The first-order chi connectivity index (χ1) is 14.4. The summed E-state index contributed by atoms with van der Waals surface area (Å²) in [5.41, 5.74) is 1.48. The lowest BCUT2D eigenvalue weighted by Crippen LogP contribution is -2.40. The van der Waals surface area contributed by atoms with Crippen LogP contribution in [0.25, 0.3) is 10.2 Å². The molecule has 1 N–H and O–H groups in total. The van der Waals surface area contributed by atoms with E-state index in [2.05, 4.69) is 10.3 Å². The molecule has 1 aliphatic heterocycles. The molecule has 7 nitrogen and oxygen atoms in total. The Kier molecular flexibility index (Phi) is 6.40. The van der Waals surface area contributed by atoms with Gasteiger partial charge in [0.1, 0.15) is 0 Å². The van der Waals surface area contributed by atoms with E-state index in [1.165, 1.54) is 28.2 Å². The van der Waals surface area contributed by atoms with Gasteiger partial charge in [0.15, 0.2) is 4.34 Å². The molecule has 0 bridgehead atoms. The van der Waals surface area contributed by atoms with Crippen LogP contribution in [0.5, 0.6) is 0 Å². The number of fused-ring (bicyclic) bond motifs is 1. The highest BCUT2D eigenvalue weighted by Gasteiger charge is 2.26. The number of nitrogens with zero attached hydrogens (tertiary/aromatic N) is 2. The summed E-state index contributed by atoms with van der Waals surface area (Å²) in [7, 11) is -3.55. The second-order valence-electron chi connectivity index (χ2n) is 6.74. The van der Waals surface area contributed by atoms with Crippen LogP contribution in [0.2, 0.25) is 0 Å². The van der Waals surface area contributed by atoms with Crippen LogP contribution in [-0.2, 0) is 19.6 Å². The van der Waals surface area contributed by atoms with Crippen LogP contribution in [0.1, 0.15) is 6.92 Å². The van der Waals surface area contributed by atoms with Gasteiger partial charge in [0.2, 0.25) is 15.9 Å². The number of carbonyl (C=O) groups is 1. The van der Waals surface area contributed by atoms with E-state index in [0.29, 0.717) is 32.0 Å². The monoisotopic (exact) mass is 463 g/mol. The van der Waals surface area contributed by atoms with E-state index in [1.807, 2.05) is 31.2 Å². The Labute approximate surface area is 183 Å². The van der Waals surface area contributed by atoms with E-state index in [-0.39, 0.29) is 16.1 Å². The maximum Gasteiger partial charge on any atom is 0.243 e. The molecule has 0 spiro atoms. The van der Waals surface area contributed by atoms with E-state index < -0.39 is 10.0 Å². The molecule has 1 amide bonds. The van der Waals surface area contributed by atoms with Gasteiger partial charge in [-0.2, -0.15) is 4.31 Å². The van der Waals surface area contributed by atoms with Crippen molar-refractivity contribution in [3.8, 4) is 0 Å². The van der Waals surface area contributed by atoms with Crippen molar-refractivity contribution in [3.05, 3.63) is 48.5 Å². The van der Waals surface area contributed by atoms with E-state index >= 15 is 0 Å². The Morgan fingerprint density at radius 3 is 2.57 bits per heavy atom. The number of nitrogens with one attached hydrogen (secondary N) is 1. The number of rotatable bonds is 6. The summed E-state index contributed by atoms with van der Waals surface area (Å²) >= 11 is 2.96. The highest BCUT2D eigenvalue weighted by Crippen LogP contribution is 2.32. The Hall–Kier alpha value is -1.98. The molecule has 0 unspecified atom stereocenters. The van der Waals surface area contributed by atoms with Gasteiger partial charge in [-0.25, -0.2) is 13.4 Å². The van der Waals surface area contributed by atoms with Gasteiger partial charge >= 0.3 is 0 Å². The van der Waals surface area contributed by atoms with E-state index in [1.54, 1.807) is 23.5 Å². The number of sulfonamides is 1. The van der Waals surface area contributed by atoms with Gasteiger partial charge in [-0.1, -0.05) is 23.9 Å². The van der Waals surface area contributed by atoms with Crippen molar-refractivity contribution in [2.24, 2.45) is 0 Å². The van der Waals surface area contributed by atoms with Crippen LogP contribution in [0, 0.1) is 0 Å². The molecule has 2 aromatic carbocycles. The summed E-state index contributed by atoms with van der Waals surface area (Å²) < 4.78 is 33.9. The molecular formula is C20H21N3O4S3. The third kappa shape index (κ3) is 4.68. The minimum atomic E-state index is -3.55. The lowest BCUT2D eigenvalue weighted by Gasteiger charge is -2.26. The molecule has 3 aromatic rings. The predicted octanol–water partition coefficient (Wildman–Crippen LogP) is 3.44. The van der Waals surface area contributed by atoms with Crippen molar-refractivity contribution in [2.45, 2.75) is 21.4 Å². The molecule has 4 rings (SSSR count). The summed E-state index contributed by atoms with van der Waals surface area (Å²) in [6.07, 6.45) is 0. The van der Waals surface area contributed by atoms with Crippen LogP contribution >= 0.6 is 23.1 Å². The Bertz CT molecular complexity index is 1110. The number of thiazole rings is 1. The lowest BCUT2D eigenvalue weighted by atomic mass is 10.3. The number of benzene rings is 2. The highest BCUT2D eigenvalue weighted by atomic mass is 32.2. The minimum absolute atomic E-state index is 0.164. The lowest BCUT2D eigenvalue weighted by molar-refractivity contribution is -0.115. The number of aromatic nitrogens is 1. The fraction of sp³-hybridized carbons (Fsp3) is 0.300. The van der Waals surface area contributed by atoms with Gasteiger partial charge in [-0.15, -0.1) is 11.3 Å². The van der Waals surface area contributed by atoms with Crippen molar-refractivity contribution in [3.63, 3.8) is 0 Å². The predicted molar refractivity (Wildman–Crippen MR) is 120 cm³/mol. The average Bonchev–Trinajstić information content (AvgIpc) is 3.17. The summed E-state index contributed by atoms with van der Waals surface area (Å²) in [5, 5.41) is 2.50. The van der Waals surface area contributed by atoms with Gasteiger partial charge in [-0.3, -0.25) is 4.79 Å². The standard InChI is InChI=1S/C20H21N3O4S3/c1-14(28-20-22-17-4-2-3-5-18(17)29-20)19(24)21-15-6-8-16(9-7-15)30(25,26)23-10-12-27-13-11-23/h2-9,14H,10-13H2,1H3,(H,21,24)/t14-/m1/s1. The zero-order valence-electron chi connectivity index (χ0n) is 16.3. The zero-order chi connectivity index (χ0) is 21.1. The summed E-state index contributed by atoms with van der Waals surface area (Å²) in [6, 6.07) is 14.1. The quantitative estimate of drug-likeness (QED) is 0.564. The maximum atomic E-state index is 12.7. The fourth-order valence-electron chi connectivity index (χ4n) is 3.00. The zero-order valence-corrected chi connectivity index (χ0v) is 18.7. The largest absolute Gasteiger partial charge is 0.379 e. The number of carbonyl (C=O) groups excluding carboxylic acids is 1. The molecule has 0 saturated carbocycles. The molecule has 30 heavy (non-hydrogen) atoms.